The van der Waals surface area contributed by atoms with Gasteiger partial charge in [0.05, 0.1) is 14.2 Å². The van der Waals surface area contributed by atoms with Crippen LogP contribution in [0.4, 0.5) is 45.6 Å². The van der Waals surface area contributed by atoms with Gasteiger partial charge in [0.15, 0.2) is 23.1 Å². The molecule has 2 amide bonds. The number of aromatic nitrogens is 1. The first-order chi connectivity index (χ1) is 24.2. The van der Waals surface area contributed by atoms with E-state index in [4.69, 9.17) is 35.0 Å². The first-order valence-electron chi connectivity index (χ1n) is 15.2. The summed E-state index contributed by atoms with van der Waals surface area (Å²) in [5.41, 5.74) is 8.21. The highest BCUT2D eigenvalue weighted by atomic mass is 19.4. The molecule has 52 heavy (non-hydrogen) atoms. The first kappa shape index (κ1) is 41.2. The lowest BCUT2D eigenvalue weighted by Gasteiger charge is -2.47. The van der Waals surface area contributed by atoms with Crippen molar-refractivity contribution >= 4 is 23.7 Å². The first-order valence-corrected chi connectivity index (χ1v) is 15.2. The number of amides is 2. The zero-order valence-corrected chi connectivity index (χ0v) is 27.5. The molecular weight excluding hydrogens is 716 g/mol. The minimum atomic E-state index is -5.08. The van der Waals surface area contributed by atoms with Gasteiger partial charge in [0, 0.05) is 48.2 Å². The molecule has 1 aromatic heterocycles. The van der Waals surface area contributed by atoms with Crippen LogP contribution in [0.3, 0.4) is 0 Å². The van der Waals surface area contributed by atoms with E-state index in [9.17, 15) is 39.9 Å². The topological polar surface area (TPSA) is 156 Å². The number of ether oxygens (including phenoxy) is 2. The van der Waals surface area contributed by atoms with Gasteiger partial charge in [0.1, 0.15) is 0 Å². The second-order valence-electron chi connectivity index (χ2n) is 11.7. The van der Waals surface area contributed by atoms with Gasteiger partial charge in [0.2, 0.25) is 0 Å². The maximum atomic E-state index is 14.1. The molecule has 5 rings (SSSR count). The summed E-state index contributed by atoms with van der Waals surface area (Å²) in [5.74, 6) is -6.14. The minimum Gasteiger partial charge on any atom is -0.493 e. The molecule has 11 nitrogen and oxygen atoms in total. The van der Waals surface area contributed by atoms with Crippen LogP contribution in [0.25, 0.3) is 0 Å². The molecule has 284 valence electrons. The van der Waals surface area contributed by atoms with E-state index in [1.165, 1.54) is 11.0 Å². The number of carboxylic acid groups (broad SMARTS) is 2. The fourth-order valence-electron chi connectivity index (χ4n) is 6.41. The Hall–Kier alpha value is -5.20. The number of nitrogens with zero attached hydrogens (tertiary/aromatic N) is 3. The summed E-state index contributed by atoms with van der Waals surface area (Å²) >= 11 is 0. The number of likely N-dealkylation sites (tertiary alicyclic amines) is 1. The highest BCUT2D eigenvalue weighted by Gasteiger charge is 2.53. The Balaban J connectivity index is 0.000000441. The Morgan fingerprint density at radius 1 is 0.885 bits per heavy atom. The van der Waals surface area contributed by atoms with Crippen molar-refractivity contribution in [3.05, 3.63) is 83.7 Å². The number of primary amides is 1. The number of nitrogens with two attached hydrogens (primary N) is 1. The van der Waals surface area contributed by atoms with Crippen LogP contribution >= 0.6 is 0 Å². The van der Waals surface area contributed by atoms with E-state index in [0.29, 0.717) is 24.3 Å². The smallest absolute Gasteiger partial charge is 0.490 e. The van der Waals surface area contributed by atoms with Gasteiger partial charge < -0.3 is 25.4 Å². The largest absolute Gasteiger partial charge is 0.493 e. The number of methoxy groups -OCH3 is 2. The average Bonchev–Trinajstić information content (AvgIpc) is 3.44. The number of anilines is 1. The van der Waals surface area contributed by atoms with Crippen molar-refractivity contribution in [3.8, 4) is 11.5 Å². The van der Waals surface area contributed by atoms with Crippen molar-refractivity contribution in [1.82, 2.24) is 9.88 Å². The quantitative estimate of drug-likeness (QED) is 0.236. The number of carbonyl (C=O) groups excluding carboxylic acids is 1. The number of urea groups is 1. The third kappa shape index (κ3) is 9.98. The van der Waals surface area contributed by atoms with Gasteiger partial charge in [-0.25, -0.2) is 23.2 Å². The van der Waals surface area contributed by atoms with Crippen LogP contribution in [0.1, 0.15) is 36.8 Å². The van der Waals surface area contributed by atoms with Crippen molar-refractivity contribution in [2.45, 2.75) is 62.1 Å². The Labute approximate surface area is 291 Å². The number of hydrogen-bond donors (Lipinski definition) is 3. The Bertz CT molecular complexity index is 1690. The molecule has 3 aromatic rings. The zero-order valence-electron chi connectivity index (χ0n) is 27.5. The van der Waals surface area contributed by atoms with Gasteiger partial charge in [-0.2, -0.15) is 26.3 Å². The standard InChI is InChI=1S/C29H32F2N4O3.2C2HF3O2/c1-37-25-6-3-20(15-26(25)38-2)29-10-7-22(35(28(32)36)21-4-5-23(30)24(31)16-21)17-27(29)34(14-11-29)18-19-8-12-33-13-9-19;2*3-2(4,5)1(6)7/h3-6,8-9,12-13,15-16,22,27H,7,10-11,14,17-18H2,1-2H3,(H2,32,36);2*(H,6,7)/t22-,27+,29+;;/m1../s1. The SMILES string of the molecule is COc1ccc([C@@]23CC[C@@H](N(C(N)=O)c4ccc(F)c(F)c4)C[C@@H]2N(Cc2ccncc2)CC3)cc1OC.O=C(O)C(F)(F)F.O=C(O)C(F)(F)F. The van der Waals surface area contributed by atoms with Crippen LogP contribution in [-0.4, -0.2) is 83.3 Å². The van der Waals surface area contributed by atoms with Gasteiger partial charge in [-0.3, -0.25) is 14.8 Å². The molecule has 1 saturated heterocycles. The van der Waals surface area contributed by atoms with Gasteiger partial charge >= 0.3 is 30.3 Å². The molecule has 2 aliphatic rings. The molecule has 0 unspecified atom stereocenters. The molecule has 3 atom stereocenters. The van der Waals surface area contributed by atoms with Gasteiger partial charge in [0.25, 0.3) is 0 Å². The molecule has 1 aliphatic carbocycles. The van der Waals surface area contributed by atoms with Gasteiger partial charge in [-0.05, 0) is 79.8 Å². The number of pyridine rings is 1. The lowest BCUT2D eigenvalue weighted by atomic mass is 9.64. The summed E-state index contributed by atoms with van der Waals surface area (Å²) < 4.78 is 102. The highest BCUT2D eigenvalue weighted by molar-refractivity contribution is 5.91. The molecule has 2 fully saturated rings. The molecule has 19 heteroatoms. The third-order valence-electron chi connectivity index (χ3n) is 8.71. The number of carboxylic acids is 2. The number of aliphatic carboxylic acids is 2. The summed E-state index contributed by atoms with van der Waals surface area (Å²) in [6, 6.07) is 12.7. The minimum absolute atomic E-state index is 0.0691. The number of alkyl halides is 6. The fraction of sp³-hybridized carbons (Fsp3) is 0.394. The van der Waals surface area contributed by atoms with Gasteiger partial charge in [-0.15, -0.1) is 0 Å². The van der Waals surface area contributed by atoms with Crippen LogP contribution in [0.2, 0.25) is 0 Å². The van der Waals surface area contributed by atoms with Gasteiger partial charge in [-0.1, -0.05) is 6.07 Å². The lowest BCUT2D eigenvalue weighted by Crippen LogP contribution is -2.54. The third-order valence-corrected chi connectivity index (χ3v) is 8.71. The van der Waals surface area contributed by atoms with Crippen LogP contribution in [0.15, 0.2) is 60.9 Å². The van der Waals surface area contributed by atoms with Crippen molar-refractivity contribution in [2.75, 3.05) is 25.7 Å². The summed E-state index contributed by atoms with van der Waals surface area (Å²) in [6.07, 6.45) is -3.58. The summed E-state index contributed by atoms with van der Waals surface area (Å²) in [4.78, 5) is 38.4. The Morgan fingerprint density at radius 3 is 1.96 bits per heavy atom. The summed E-state index contributed by atoms with van der Waals surface area (Å²) in [5, 5.41) is 14.2. The number of rotatable bonds is 7. The number of hydrogen-bond acceptors (Lipinski definition) is 7. The Kier molecular flexibility index (Phi) is 13.4. The molecular formula is C33H34F8N4O7. The number of carbonyl (C=O) groups is 3. The number of halogens is 8. The van der Waals surface area contributed by atoms with E-state index in [1.807, 2.05) is 18.2 Å². The molecule has 1 aliphatic heterocycles. The fourth-order valence-corrected chi connectivity index (χ4v) is 6.41. The van der Waals surface area contributed by atoms with Crippen molar-refractivity contribution in [3.63, 3.8) is 0 Å². The number of benzene rings is 2. The van der Waals surface area contributed by atoms with E-state index in [1.54, 1.807) is 26.6 Å². The molecule has 4 N–H and O–H groups in total. The lowest BCUT2D eigenvalue weighted by molar-refractivity contribution is -0.193. The molecule has 0 spiro atoms. The predicted octanol–water partition coefficient (Wildman–Crippen LogP) is 6.29. The van der Waals surface area contributed by atoms with Crippen LogP contribution in [0, 0.1) is 11.6 Å². The summed E-state index contributed by atoms with van der Waals surface area (Å²) in [7, 11) is 3.25. The maximum Gasteiger partial charge on any atom is 0.490 e. The normalized spacial score (nSPS) is 19.9. The van der Waals surface area contributed by atoms with Crippen LogP contribution < -0.4 is 20.1 Å². The van der Waals surface area contributed by atoms with Crippen molar-refractivity contribution in [2.24, 2.45) is 5.73 Å². The predicted molar refractivity (Wildman–Crippen MR) is 168 cm³/mol. The summed E-state index contributed by atoms with van der Waals surface area (Å²) in [6.45, 7) is 1.60. The van der Waals surface area contributed by atoms with E-state index in [0.717, 1.165) is 49.2 Å². The van der Waals surface area contributed by atoms with E-state index < -0.39 is 42.0 Å². The molecule has 2 aromatic carbocycles. The van der Waals surface area contributed by atoms with Crippen molar-refractivity contribution in [1.29, 1.82) is 0 Å². The highest BCUT2D eigenvalue weighted by Crippen LogP contribution is 2.51. The van der Waals surface area contributed by atoms with Crippen molar-refractivity contribution < 1.29 is 69.2 Å². The molecule has 2 heterocycles. The second kappa shape index (κ2) is 16.9. The molecule has 0 radical (unpaired) electrons. The molecule has 0 bridgehead atoms. The van der Waals surface area contributed by atoms with Crippen LogP contribution in [-0.2, 0) is 21.5 Å². The van der Waals surface area contributed by atoms with Crippen LogP contribution in [0.5, 0.6) is 11.5 Å². The molecule has 1 saturated carbocycles. The number of fused-ring (bicyclic) bond motifs is 1. The van der Waals surface area contributed by atoms with E-state index >= 15 is 0 Å². The second-order valence-corrected chi connectivity index (χ2v) is 11.7. The average molecular weight is 751 g/mol. The monoisotopic (exact) mass is 750 g/mol. The zero-order chi connectivity index (χ0) is 39.0. The van der Waals surface area contributed by atoms with E-state index in [-0.39, 0.29) is 23.2 Å². The maximum absolute atomic E-state index is 14.1. The Morgan fingerprint density at radius 2 is 1.46 bits per heavy atom. The van der Waals surface area contributed by atoms with E-state index in [2.05, 4.69) is 22.0 Å².